The second kappa shape index (κ2) is 6.52. The third-order valence-corrected chi connectivity index (χ3v) is 4.32. The van der Waals surface area contributed by atoms with Gasteiger partial charge in [0.05, 0.1) is 30.4 Å². The summed E-state index contributed by atoms with van der Waals surface area (Å²) in [6.45, 7) is 4.07. The molecule has 5 heteroatoms. The van der Waals surface area contributed by atoms with Crippen molar-refractivity contribution in [2.45, 2.75) is 13.8 Å². The third kappa shape index (κ3) is 2.99. The molecule has 3 aromatic heterocycles. The summed E-state index contributed by atoms with van der Waals surface area (Å²) in [6.07, 6.45) is 1.94. The van der Waals surface area contributed by atoms with E-state index >= 15 is 0 Å². The Labute approximate surface area is 152 Å². The molecule has 0 amide bonds. The van der Waals surface area contributed by atoms with Crippen molar-refractivity contribution in [1.82, 2.24) is 14.4 Å². The molecule has 0 aliphatic heterocycles. The summed E-state index contributed by atoms with van der Waals surface area (Å²) in [5.41, 5.74) is 5.87. The predicted molar refractivity (Wildman–Crippen MR) is 104 cm³/mol. The number of hydrogen-bond donors (Lipinski definition) is 1. The van der Waals surface area contributed by atoms with Gasteiger partial charge in [-0.3, -0.25) is 4.40 Å². The summed E-state index contributed by atoms with van der Waals surface area (Å²) in [7, 11) is 1.66. The maximum absolute atomic E-state index is 5.35. The van der Waals surface area contributed by atoms with E-state index < -0.39 is 0 Å². The van der Waals surface area contributed by atoms with E-state index in [-0.39, 0.29) is 0 Å². The number of imidazole rings is 1. The number of ether oxygens (including phenoxy) is 1. The van der Waals surface area contributed by atoms with E-state index in [0.717, 1.165) is 40.0 Å². The molecular formula is C21H20N4O. The van der Waals surface area contributed by atoms with Crippen LogP contribution in [0.4, 0.5) is 11.5 Å². The summed E-state index contributed by atoms with van der Waals surface area (Å²) in [6, 6.07) is 18.1. The van der Waals surface area contributed by atoms with Crippen LogP contribution in [-0.4, -0.2) is 21.5 Å². The summed E-state index contributed by atoms with van der Waals surface area (Å²) >= 11 is 0. The smallest absolute Gasteiger partial charge is 0.137 e. The monoisotopic (exact) mass is 344 g/mol. The molecule has 0 aliphatic carbocycles. The molecule has 5 nitrogen and oxygen atoms in total. The molecule has 4 rings (SSSR count). The van der Waals surface area contributed by atoms with Crippen LogP contribution >= 0.6 is 0 Å². The molecule has 3 heterocycles. The molecule has 0 aliphatic rings. The fourth-order valence-electron chi connectivity index (χ4n) is 2.99. The molecule has 0 atom stereocenters. The zero-order chi connectivity index (χ0) is 18.1. The summed E-state index contributed by atoms with van der Waals surface area (Å²) < 4.78 is 7.37. The lowest BCUT2D eigenvalue weighted by Crippen LogP contribution is -1.97. The van der Waals surface area contributed by atoms with Crippen LogP contribution in [0.25, 0.3) is 17.0 Å². The minimum Gasteiger partial charge on any atom is -0.495 e. The highest BCUT2D eigenvalue weighted by Gasteiger charge is 2.13. The number of anilines is 2. The number of hydrogen-bond acceptors (Lipinski definition) is 4. The van der Waals surface area contributed by atoms with Crippen LogP contribution in [0.1, 0.15) is 11.3 Å². The molecule has 0 unspecified atom stereocenters. The lowest BCUT2D eigenvalue weighted by atomic mass is 10.2. The Kier molecular flexibility index (Phi) is 4.05. The number of pyridine rings is 2. The second-order valence-corrected chi connectivity index (χ2v) is 6.24. The molecule has 0 spiro atoms. The molecule has 1 aromatic carbocycles. The van der Waals surface area contributed by atoms with Gasteiger partial charge in [0.25, 0.3) is 0 Å². The highest BCUT2D eigenvalue weighted by molar-refractivity contribution is 5.67. The second-order valence-electron chi connectivity index (χ2n) is 6.24. The Morgan fingerprint density at radius 3 is 2.50 bits per heavy atom. The molecule has 0 fully saturated rings. The zero-order valence-corrected chi connectivity index (χ0v) is 15.0. The predicted octanol–water partition coefficient (Wildman–Crippen LogP) is 4.77. The largest absolute Gasteiger partial charge is 0.495 e. The summed E-state index contributed by atoms with van der Waals surface area (Å²) in [4.78, 5) is 9.42. The molecule has 0 radical (unpaired) electrons. The van der Waals surface area contributed by atoms with Crippen LogP contribution < -0.4 is 10.1 Å². The van der Waals surface area contributed by atoms with Gasteiger partial charge in [-0.25, -0.2) is 9.97 Å². The van der Waals surface area contributed by atoms with E-state index in [1.54, 1.807) is 7.11 Å². The van der Waals surface area contributed by atoms with Crippen molar-refractivity contribution in [2.24, 2.45) is 0 Å². The first-order valence-corrected chi connectivity index (χ1v) is 8.48. The van der Waals surface area contributed by atoms with Crippen molar-refractivity contribution in [3.05, 3.63) is 72.1 Å². The van der Waals surface area contributed by atoms with Crippen molar-refractivity contribution in [2.75, 3.05) is 12.4 Å². The number of benzene rings is 1. The first-order valence-electron chi connectivity index (χ1n) is 8.48. The summed E-state index contributed by atoms with van der Waals surface area (Å²) in [5, 5.41) is 3.36. The molecule has 130 valence electrons. The van der Waals surface area contributed by atoms with Crippen LogP contribution in [0.15, 0.2) is 60.8 Å². The Balaban J connectivity index is 1.75. The number of nitrogens with one attached hydrogen (secondary N) is 1. The van der Waals surface area contributed by atoms with E-state index in [2.05, 4.69) is 29.4 Å². The SMILES string of the molecule is COc1ccc2nc(C)c(-c3cccc(Nc4ccc(C)cc4)n3)n2c1. The standard InChI is InChI=1S/C21H20N4O/c1-14-7-9-16(10-8-14)23-19-6-4-5-18(24-19)21-15(2)22-20-12-11-17(26-3)13-25(20)21/h4-13H,1-3H3,(H,23,24). The lowest BCUT2D eigenvalue weighted by molar-refractivity contribution is 0.412. The highest BCUT2D eigenvalue weighted by atomic mass is 16.5. The Morgan fingerprint density at radius 2 is 1.73 bits per heavy atom. The van der Waals surface area contributed by atoms with E-state index in [1.165, 1.54) is 5.56 Å². The van der Waals surface area contributed by atoms with Gasteiger partial charge in [0.1, 0.15) is 17.2 Å². The molecular weight excluding hydrogens is 324 g/mol. The minimum atomic E-state index is 0.782. The van der Waals surface area contributed by atoms with Gasteiger partial charge in [-0.1, -0.05) is 23.8 Å². The maximum Gasteiger partial charge on any atom is 0.137 e. The Morgan fingerprint density at radius 1 is 0.923 bits per heavy atom. The molecule has 0 saturated carbocycles. The average Bonchev–Trinajstić information content (AvgIpc) is 2.98. The van der Waals surface area contributed by atoms with Gasteiger partial charge in [-0.15, -0.1) is 0 Å². The first kappa shape index (κ1) is 16.1. The average molecular weight is 344 g/mol. The molecule has 0 saturated heterocycles. The van der Waals surface area contributed by atoms with E-state index in [0.29, 0.717) is 0 Å². The Bertz CT molecular complexity index is 1070. The number of fused-ring (bicyclic) bond motifs is 1. The minimum absolute atomic E-state index is 0.782. The number of methoxy groups -OCH3 is 1. The van der Waals surface area contributed by atoms with Gasteiger partial charge < -0.3 is 10.1 Å². The van der Waals surface area contributed by atoms with Crippen LogP contribution in [-0.2, 0) is 0 Å². The van der Waals surface area contributed by atoms with E-state index in [4.69, 9.17) is 9.72 Å². The normalized spacial score (nSPS) is 10.9. The zero-order valence-electron chi connectivity index (χ0n) is 15.0. The quantitative estimate of drug-likeness (QED) is 0.580. The van der Waals surface area contributed by atoms with Gasteiger partial charge in [0, 0.05) is 5.69 Å². The number of aryl methyl sites for hydroxylation is 2. The topological polar surface area (TPSA) is 51.5 Å². The van der Waals surface area contributed by atoms with Crippen molar-refractivity contribution in [1.29, 1.82) is 0 Å². The van der Waals surface area contributed by atoms with Crippen LogP contribution in [0.3, 0.4) is 0 Å². The number of nitrogens with zero attached hydrogens (tertiary/aromatic N) is 3. The molecule has 4 aromatic rings. The van der Waals surface area contributed by atoms with Crippen LogP contribution in [0, 0.1) is 13.8 Å². The fourth-order valence-corrected chi connectivity index (χ4v) is 2.99. The number of aromatic nitrogens is 3. The van der Waals surface area contributed by atoms with Crippen LogP contribution in [0.5, 0.6) is 5.75 Å². The highest BCUT2D eigenvalue weighted by Crippen LogP contribution is 2.27. The Hall–Kier alpha value is -3.34. The van der Waals surface area contributed by atoms with Crippen LogP contribution in [0.2, 0.25) is 0 Å². The fraction of sp³-hybridized carbons (Fsp3) is 0.143. The van der Waals surface area contributed by atoms with Gasteiger partial charge in [0.2, 0.25) is 0 Å². The van der Waals surface area contributed by atoms with Gasteiger partial charge in [-0.05, 0) is 50.2 Å². The molecule has 0 bridgehead atoms. The van der Waals surface area contributed by atoms with Gasteiger partial charge >= 0.3 is 0 Å². The molecule has 26 heavy (non-hydrogen) atoms. The maximum atomic E-state index is 5.35. The van der Waals surface area contributed by atoms with Gasteiger partial charge in [0.15, 0.2) is 0 Å². The molecule has 1 N–H and O–H groups in total. The third-order valence-electron chi connectivity index (χ3n) is 4.32. The van der Waals surface area contributed by atoms with E-state index in [1.807, 2.05) is 60.0 Å². The lowest BCUT2D eigenvalue weighted by Gasteiger charge is -2.09. The van der Waals surface area contributed by atoms with Crippen molar-refractivity contribution < 1.29 is 4.74 Å². The first-order chi connectivity index (χ1) is 12.6. The van der Waals surface area contributed by atoms with Gasteiger partial charge in [-0.2, -0.15) is 0 Å². The summed E-state index contributed by atoms with van der Waals surface area (Å²) in [5.74, 6) is 1.58. The van der Waals surface area contributed by atoms with Crippen molar-refractivity contribution in [3.8, 4) is 17.1 Å². The van der Waals surface area contributed by atoms with Crippen molar-refractivity contribution in [3.63, 3.8) is 0 Å². The van der Waals surface area contributed by atoms with Crippen molar-refractivity contribution >= 4 is 17.2 Å². The number of rotatable bonds is 4. The van der Waals surface area contributed by atoms with E-state index in [9.17, 15) is 0 Å².